The van der Waals surface area contributed by atoms with Gasteiger partial charge in [0.1, 0.15) is 17.4 Å². The molecule has 0 spiro atoms. The number of hydrogen-bond acceptors (Lipinski definition) is 3. The molecule has 25 heavy (non-hydrogen) atoms. The van der Waals surface area contributed by atoms with Gasteiger partial charge in [-0.3, -0.25) is 9.48 Å². The van der Waals surface area contributed by atoms with Gasteiger partial charge in [0, 0.05) is 23.1 Å². The molecule has 1 aromatic heterocycles. The number of ether oxygens (including phenoxy) is 1. The monoisotopic (exact) mass is 350 g/mol. The molecule has 0 bridgehead atoms. The van der Waals surface area contributed by atoms with Crippen molar-refractivity contribution >= 4 is 16.9 Å². The Kier molecular flexibility index (Phi) is 4.60. The second-order valence-corrected chi connectivity index (χ2v) is 5.34. The second kappa shape index (κ2) is 6.84. The van der Waals surface area contributed by atoms with E-state index >= 15 is 0 Å². The lowest BCUT2D eigenvalue weighted by Gasteiger charge is -2.07. The molecule has 8 heteroatoms. The molecular weight excluding hydrogens is 337 g/mol. The Labute approximate surface area is 140 Å². The molecule has 0 saturated heterocycles. The van der Waals surface area contributed by atoms with Crippen molar-refractivity contribution in [1.82, 2.24) is 9.78 Å². The summed E-state index contributed by atoms with van der Waals surface area (Å²) in [6.45, 7) is -1.06. The van der Waals surface area contributed by atoms with E-state index in [9.17, 15) is 18.0 Å². The Morgan fingerprint density at radius 1 is 1.20 bits per heavy atom. The summed E-state index contributed by atoms with van der Waals surface area (Å²) in [6.07, 6.45) is -0.321. The molecule has 0 fully saturated rings. The number of halogens is 3. The summed E-state index contributed by atoms with van der Waals surface area (Å²) in [5.74, 6) is -2.27. The number of hydrogen-bond donors (Lipinski definition) is 1. The van der Waals surface area contributed by atoms with Crippen LogP contribution in [0, 0.1) is 11.6 Å². The fourth-order valence-corrected chi connectivity index (χ4v) is 2.58. The van der Waals surface area contributed by atoms with Crippen LogP contribution in [0.1, 0.15) is 11.3 Å². The van der Waals surface area contributed by atoms with Gasteiger partial charge in [-0.05, 0) is 18.2 Å². The van der Waals surface area contributed by atoms with Crippen molar-refractivity contribution in [3.05, 3.63) is 59.3 Å². The van der Waals surface area contributed by atoms with Crippen molar-refractivity contribution in [2.24, 2.45) is 0 Å². The van der Waals surface area contributed by atoms with Crippen molar-refractivity contribution in [2.45, 2.75) is 13.0 Å². The number of aliphatic carboxylic acids is 1. The van der Waals surface area contributed by atoms with Crippen molar-refractivity contribution in [2.75, 3.05) is 6.86 Å². The van der Waals surface area contributed by atoms with E-state index in [1.54, 1.807) is 6.07 Å². The molecular formula is C17H13F3N2O3. The minimum absolute atomic E-state index is 0.0404. The summed E-state index contributed by atoms with van der Waals surface area (Å²) in [5, 5.41) is 13.8. The minimum Gasteiger partial charge on any atom is -0.481 e. The van der Waals surface area contributed by atoms with Gasteiger partial charge in [-0.1, -0.05) is 6.07 Å². The summed E-state index contributed by atoms with van der Waals surface area (Å²) in [5.41, 5.74) is 0.937. The second-order valence-electron chi connectivity index (χ2n) is 5.34. The van der Waals surface area contributed by atoms with Gasteiger partial charge >= 0.3 is 5.97 Å². The first kappa shape index (κ1) is 16.8. The zero-order valence-electron chi connectivity index (χ0n) is 12.9. The van der Waals surface area contributed by atoms with Crippen LogP contribution in [-0.2, 0) is 17.8 Å². The maximum absolute atomic E-state index is 13.9. The van der Waals surface area contributed by atoms with Crippen LogP contribution in [0.2, 0.25) is 0 Å². The van der Waals surface area contributed by atoms with Crippen LogP contribution < -0.4 is 4.74 Å². The van der Waals surface area contributed by atoms with Gasteiger partial charge in [-0.25, -0.2) is 13.2 Å². The molecule has 0 amide bonds. The first-order valence-corrected chi connectivity index (χ1v) is 7.32. The molecule has 0 radical (unpaired) electrons. The zero-order valence-corrected chi connectivity index (χ0v) is 12.9. The maximum atomic E-state index is 13.9. The molecule has 0 aliphatic heterocycles. The third kappa shape index (κ3) is 3.57. The van der Waals surface area contributed by atoms with Crippen LogP contribution in [0.3, 0.4) is 0 Å². The van der Waals surface area contributed by atoms with Crippen LogP contribution in [0.15, 0.2) is 36.4 Å². The fraction of sp³-hybridized carbons (Fsp3) is 0.176. The number of carboxylic acid groups (broad SMARTS) is 1. The van der Waals surface area contributed by atoms with E-state index in [-0.39, 0.29) is 30.0 Å². The molecule has 0 unspecified atom stereocenters. The third-order valence-electron chi connectivity index (χ3n) is 3.67. The van der Waals surface area contributed by atoms with Gasteiger partial charge in [0.2, 0.25) is 6.86 Å². The highest BCUT2D eigenvalue weighted by Crippen LogP contribution is 2.26. The number of aromatic nitrogens is 2. The van der Waals surface area contributed by atoms with E-state index in [4.69, 9.17) is 9.84 Å². The smallest absolute Gasteiger partial charge is 0.309 e. The lowest BCUT2D eigenvalue weighted by molar-refractivity contribution is -0.136. The highest BCUT2D eigenvalue weighted by Gasteiger charge is 2.16. The molecule has 3 rings (SSSR count). The average Bonchev–Trinajstić information content (AvgIpc) is 2.87. The summed E-state index contributed by atoms with van der Waals surface area (Å²) in [7, 11) is 0. The number of rotatable bonds is 6. The summed E-state index contributed by atoms with van der Waals surface area (Å²) in [6, 6.07) is 7.74. The van der Waals surface area contributed by atoms with Crippen LogP contribution in [-0.4, -0.2) is 27.7 Å². The zero-order chi connectivity index (χ0) is 18.0. The van der Waals surface area contributed by atoms with Gasteiger partial charge < -0.3 is 9.84 Å². The number of alkyl halides is 1. The standard InChI is InChI=1S/C17H13F3N2O3/c18-9-25-12-3-4-13-15(7-17(23)24)21-22(16(13)6-12)8-10-1-2-11(19)5-14(10)20/h1-6H,7-9H2,(H,23,24). The van der Waals surface area contributed by atoms with E-state index in [1.165, 1.54) is 22.9 Å². The van der Waals surface area contributed by atoms with E-state index in [2.05, 4.69) is 5.10 Å². The molecule has 3 aromatic rings. The Bertz CT molecular complexity index is 940. The molecule has 1 N–H and O–H groups in total. The van der Waals surface area contributed by atoms with Crippen molar-refractivity contribution in [3.8, 4) is 5.75 Å². The Morgan fingerprint density at radius 3 is 2.68 bits per heavy atom. The van der Waals surface area contributed by atoms with Gasteiger partial charge in [0.25, 0.3) is 0 Å². The topological polar surface area (TPSA) is 64.3 Å². The van der Waals surface area contributed by atoms with Crippen LogP contribution in [0.25, 0.3) is 10.9 Å². The highest BCUT2D eigenvalue weighted by atomic mass is 19.1. The van der Waals surface area contributed by atoms with Gasteiger partial charge in [-0.2, -0.15) is 5.10 Å². The molecule has 0 aliphatic carbocycles. The minimum atomic E-state index is -1.07. The Balaban J connectivity index is 2.08. The molecule has 1 heterocycles. The summed E-state index contributed by atoms with van der Waals surface area (Å²) >= 11 is 0. The number of nitrogens with zero attached hydrogens (tertiary/aromatic N) is 2. The first-order chi connectivity index (χ1) is 12.0. The number of fused-ring (bicyclic) bond motifs is 1. The van der Waals surface area contributed by atoms with Crippen LogP contribution >= 0.6 is 0 Å². The van der Waals surface area contributed by atoms with Crippen LogP contribution in [0.4, 0.5) is 13.2 Å². The Morgan fingerprint density at radius 2 is 2.00 bits per heavy atom. The predicted molar refractivity (Wildman–Crippen MR) is 83.1 cm³/mol. The number of benzene rings is 2. The Hall–Kier alpha value is -3.03. The normalized spacial score (nSPS) is 11.0. The van der Waals surface area contributed by atoms with E-state index in [0.29, 0.717) is 10.9 Å². The number of carboxylic acids is 1. The first-order valence-electron chi connectivity index (χ1n) is 7.32. The lowest BCUT2D eigenvalue weighted by Crippen LogP contribution is -2.06. The molecule has 0 saturated carbocycles. The molecule has 0 aliphatic rings. The predicted octanol–water partition coefficient (Wildman–Crippen LogP) is 3.30. The summed E-state index contributed by atoms with van der Waals surface area (Å²) in [4.78, 5) is 11.0. The fourth-order valence-electron chi connectivity index (χ4n) is 2.58. The van der Waals surface area contributed by atoms with Gasteiger partial charge in [0.05, 0.1) is 24.2 Å². The van der Waals surface area contributed by atoms with Crippen LogP contribution in [0.5, 0.6) is 5.75 Å². The SMILES string of the molecule is O=C(O)Cc1nn(Cc2ccc(F)cc2F)c2cc(OCF)ccc12. The lowest BCUT2D eigenvalue weighted by atomic mass is 10.1. The third-order valence-corrected chi connectivity index (χ3v) is 3.67. The average molecular weight is 350 g/mol. The van der Waals surface area contributed by atoms with Crippen molar-refractivity contribution < 1.29 is 27.8 Å². The van der Waals surface area contributed by atoms with E-state index in [1.807, 2.05) is 0 Å². The van der Waals surface area contributed by atoms with Gasteiger partial charge in [0.15, 0.2) is 0 Å². The molecule has 130 valence electrons. The maximum Gasteiger partial charge on any atom is 0.309 e. The van der Waals surface area contributed by atoms with Crippen molar-refractivity contribution in [1.29, 1.82) is 0 Å². The van der Waals surface area contributed by atoms with E-state index in [0.717, 1.165) is 12.1 Å². The number of carbonyl (C=O) groups is 1. The largest absolute Gasteiger partial charge is 0.481 e. The van der Waals surface area contributed by atoms with Gasteiger partial charge in [-0.15, -0.1) is 0 Å². The quantitative estimate of drug-likeness (QED) is 0.741. The van der Waals surface area contributed by atoms with E-state index < -0.39 is 24.5 Å². The molecule has 2 aromatic carbocycles. The summed E-state index contributed by atoms with van der Waals surface area (Å²) < 4.78 is 45.5. The highest BCUT2D eigenvalue weighted by molar-refractivity contribution is 5.86. The van der Waals surface area contributed by atoms with Crippen molar-refractivity contribution in [3.63, 3.8) is 0 Å². The molecule has 0 atom stereocenters. The molecule has 5 nitrogen and oxygen atoms in total.